The van der Waals surface area contributed by atoms with Crippen LogP contribution in [0, 0.1) is 5.92 Å². The number of amides is 2. The summed E-state index contributed by atoms with van der Waals surface area (Å²) in [6, 6.07) is 1.68. The van der Waals surface area contributed by atoms with Crippen molar-refractivity contribution in [1.82, 2.24) is 15.1 Å². The average molecular weight is 296 g/mol. The first-order valence-electron chi connectivity index (χ1n) is 7.79. The second-order valence-electron chi connectivity index (χ2n) is 5.40. The van der Waals surface area contributed by atoms with Crippen LogP contribution in [-0.2, 0) is 0 Å². The minimum atomic E-state index is -0.509. The Bertz CT molecular complexity index is 429. The summed E-state index contributed by atoms with van der Waals surface area (Å²) >= 11 is 0. The molecule has 0 aromatic carbocycles. The van der Waals surface area contributed by atoms with Crippen LogP contribution < -0.4 is 10.6 Å². The number of rotatable bonds is 8. The molecular formula is C15H28N4O2. The van der Waals surface area contributed by atoms with Crippen molar-refractivity contribution in [3.63, 3.8) is 0 Å². The van der Waals surface area contributed by atoms with Gasteiger partial charge in [0.15, 0.2) is 0 Å². The van der Waals surface area contributed by atoms with Crippen molar-refractivity contribution in [3.05, 3.63) is 12.3 Å². The summed E-state index contributed by atoms with van der Waals surface area (Å²) in [7, 11) is 0. The Labute approximate surface area is 126 Å². The smallest absolute Gasteiger partial charge is 0.320 e. The Kier molecular flexibility index (Phi) is 7.22. The number of nitrogens with zero attached hydrogens (tertiary/aromatic N) is 2. The summed E-state index contributed by atoms with van der Waals surface area (Å²) < 4.78 is 1.79. The molecule has 1 aromatic rings. The Morgan fingerprint density at radius 1 is 1.33 bits per heavy atom. The lowest BCUT2D eigenvalue weighted by molar-refractivity contribution is 0.104. The van der Waals surface area contributed by atoms with E-state index < -0.39 is 6.10 Å². The molecule has 2 unspecified atom stereocenters. The van der Waals surface area contributed by atoms with E-state index in [-0.39, 0.29) is 24.5 Å². The van der Waals surface area contributed by atoms with Gasteiger partial charge in [0.1, 0.15) is 5.82 Å². The molecule has 1 aromatic heterocycles. The van der Waals surface area contributed by atoms with Crippen LogP contribution in [-0.4, -0.2) is 33.6 Å². The SMILES string of the molecule is CCC(CC)C(O)CNC(=O)Nc1ccnn1C(C)CC. The van der Waals surface area contributed by atoms with Crippen LogP contribution in [0.1, 0.15) is 53.0 Å². The van der Waals surface area contributed by atoms with E-state index in [1.54, 1.807) is 16.9 Å². The average Bonchev–Trinajstić information content (AvgIpc) is 2.93. The lowest BCUT2D eigenvalue weighted by Crippen LogP contribution is -2.38. The van der Waals surface area contributed by atoms with Crippen LogP contribution in [0.5, 0.6) is 0 Å². The Morgan fingerprint density at radius 3 is 2.57 bits per heavy atom. The molecular weight excluding hydrogens is 268 g/mol. The molecule has 3 N–H and O–H groups in total. The summed E-state index contributed by atoms with van der Waals surface area (Å²) in [6.07, 6.45) is 3.90. The number of hydrogen-bond acceptors (Lipinski definition) is 3. The van der Waals surface area contributed by atoms with Crippen LogP contribution in [0.2, 0.25) is 0 Å². The highest BCUT2D eigenvalue weighted by Crippen LogP contribution is 2.16. The second-order valence-corrected chi connectivity index (χ2v) is 5.40. The van der Waals surface area contributed by atoms with Crippen molar-refractivity contribution < 1.29 is 9.90 Å². The third-order valence-electron chi connectivity index (χ3n) is 3.98. The van der Waals surface area contributed by atoms with Gasteiger partial charge in [-0.05, 0) is 19.3 Å². The predicted molar refractivity (Wildman–Crippen MR) is 84.3 cm³/mol. The van der Waals surface area contributed by atoms with Gasteiger partial charge in [-0.2, -0.15) is 5.10 Å². The molecule has 1 rings (SSSR count). The second kappa shape index (κ2) is 8.67. The maximum atomic E-state index is 11.9. The lowest BCUT2D eigenvalue weighted by Gasteiger charge is -2.20. The summed E-state index contributed by atoms with van der Waals surface area (Å²) in [5.74, 6) is 0.884. The first kappa shape index (κ1) is 17.5. The first-order chi connectivity index (χ1) is 10.0. The van der Waals surface area contributed by atoms with Crippen LogP contribution >= 0.6 is 0 Å². The maximum Gasteiger partial charge on any atom is 0.320 e. The molecule has 0 aliphatic heterocycles. The van der Waals surface area contributed by atoms with Gasteiger partial charge in [0.25, 0.3) is 0 Å². The summed E-state index contributed by atoms with van der Waals surface area (Å²) in [4.78, 5) is 11.9. The van der Waals surface area contributed by atoms with Crippen LogP contribution in [0.25, 0.3) is 0 Å². The molecule has 0 saturated heterocycles. The molecule has 21 heavy (non-hydrogen) atoms. The molecule has 0 radical (unpaired) electrons. The minimum Gasteiger partial charge on any atom is -0.391 e. The van der Waals surface area contributed by atoms with E-state index in [0.29, 0.717) is 5.82 Å². The van der Waals surface area contributed by atoms with Crippen LogP contribution in [0.15, 0.2) is 12.3 Å². The highest BCUT2D eigenvalue weighted by Gasteiger charge is 2.17. The fourth-order valence-electron chi connectivity index (χ4n) is 2.29. The standard InChI is InChI=1S/C15H28N4O2/c1-5-11(4)19-14(8-9-17-19)18-15(21)16-10-13(20)12(6-2)7-3/h8-9,11-13,20H,5-7,10H2,1-4H3,(H2,16,18,21). The van der Waals surface area contributed by atoms with Crippen LogP contribution in [0.4, 0.5) is 10.6 Å². The van der Waals surface area contributed by atoms with Gasteiger partial charge in [-0.25, -0.2) is 9.48 Å². The minimum absolute atomic E-state index is 0.218. The molecule has 0 aliphatic carbocycles. The fourth-order valence-corrected chi connectivity index (χ4v) is 2.29. The lowest BCUT2D eigenvalue weighted by atomic mass is 9.97. The largest absolute Gasteiger partial charge is 0.391 e. The van der Waals surface area contributed by atoms with Gasteiger partial charge in [-0.15, -0.1) is 0 Å². The topological polar surface area (TPSA) is 79.2 Å². The summed E-state index contributed by atoms with van der Waals surface area (Å²) in [5.41, 5.74) is 0. The Morgan fingerprint density at radius 2 is 2.00 bits per heavy atom. The van der Waals surface area contributed by atoms with Gasteiger partial charge in [0, 0.05) is 12.6 Å². The number of aromatic nitrogens is 2. The third kappa shape index (κ3) is 5.04. The van der Waals surface area contributed by atoms with Gasteiger partial charge >= 0.3 is 6.03 Å². The zero-order valence-corrected chi connectivity index (χ0v) is 13.5. The number of aliphatic hydroxyl groups excluding tert-OH is 1. The van der Waals surface area contributed by atoms with E-state index >= 15 is 0 Å². The number of carbonyl (C=O) groups excluding carboxylic acids is 1. The van der Waals surface area contributed by atoms with E-state index in [1.165, 1.54) is 0 Å². The van der Waals surface area contributed by atoms with E-state index in [0.717, 1.165) is 19.3 Å². The van der Waals surface area contributed by atoms with Crippen molar-refractivity contribution in [3.8, 4) is 0 Å². The van der Waals surface area contributed by atoms with E-state index in [2.05, 4.69) is 22.7 Å². The zero-order chi connectivity index (χ0) is 15.8. The monoisotopic (exact) mass is 296 g/mol. The van der Waals surface area contributed by atoms with E-state index in [1.807, 2.05) is 20.8 Å². The Balaban J connectivity index is 2.49. The number of anilines is 1. The van der Waals surface area contributed by atoms with E-state index in [4.69, 9.17) is 0 Å². The molecule has 1 heterocycles. The van der Waals surface area contributed by atoms with Gasteiger partial charge in [0.2, 0.25) is 0 Å². The van der Waals surface area contributed by atoms with Crippen molar-refractivity contribution in [1.29, 1.82) is 0 Å². The van der Waals surface area contributed by atoms with Gasteiger partial charge < -0.3 is 10.4 Å². The number of carbonyl (C=O) groups is 1. The summed E-state index contributed by atoms with van der Waals surface area (Å²) in [6.45, 7) is 8.47. The molecule has 0 fully saturated rings. The molecule has 120 valence electrons. The predicted octanol–water partition coefficient (Wildman–Crippen LogP) is 2.77. The molecule has 0 aliphatic rings. The number of nitrogens with one attached hydrogen (secondary N) is 2. The molecule has 0 saturated carbocycles. The van der Waals surface area contributed by atoms with Crippen molar-refractivity contribution in [2.24, 2.45) is 5.92 Å². The molecule has 6 nitrogen and oxygen atoms in total. The normalized spacial score (nSPS) is 14.0. The Hall–Kier alpha value is -1.56. The van der Waals surface area contributed by atoms with Crippen molar-refractivity contribution in [2.45, 2.75) is 59.1 Å². The third-order valence-corrected chi connectivity index (χ3v) is 3.98. The maximum absolute atomic E-state index is 11.9. The van der Waals surface area contributed by atoms with Crippen LogP contribution in [0.3, 0.4) is 0 Å². The molecule has 2 amide bonds. The molecule has 0 spiro atoms. The summed E-state index contributed by atoms with van der Waals surface area (Å²) in [5, 5.41) is 19.7. The quantitative estimate of drug-likeness (QED) is 0.690. The first-order valence-corrected chi connectivity index (χ1v) is 7.79. The number of aliphatic hydroxyl groups is 1. The molecule has 2 atom stereocenters. The number of hydrogen-bond donors (Lipinski definition) is 3. The van der Waals surface area contributed by atoms with Crippen molar-refractivity contribution in [2.75, 3.05) is 11.9 Å². The zero-order valence-electron chi connectivity index (χ0n) is 13.5. The van der Waals surface area contributed by atoms with Crippen molar-refractivity contribution >= 4 is 11.8 Å². The van der Waals surface area contributed by atoms with E-state index in [9.17, 15) is 9.90 Å². The van der Waals surface area contributed by atoms with Gasteiger partial charge in [-0.3, -0.25) is 5.32 Å². The highest BCUT2D eigenvalue weighted by atomic mass is 16.3. The number of urea groups is 1. The molecule has 0 bridgehead atoms. The van der Waals surface area contributed by atoms with Gasteiger partial charge in [-0.1, -0.05) is 33.6 Å². The van der Waals surface area contributed by atoms with Gasteiger partial charge in [0.05, 0.1) is 18.3 Å². The molecule has 6 heteroatoms. The fraction of sp³-hybridized carbons (Fsp3) is 0.733. The highest BCUT2D eigenvalue weighted by molar-refractivity contribution is 5.88.